The van der Waals surface area contributed by atoms with E-state index in [1.165, 1.54) is 6.20 Å². The zero-order valence-electron chi connectivity index (χ0n) is 8.03. The summed E-state index contributed by atoms with van der Waals surface area (Å²) in [5, 5.41) is 2.90. The van der Waals surface area contributed by atoms with E-state index in [-0.39, 0.29) is 5.91 Å². The molecule has 0 radical (unpaired) electrons. The molecule has 0 aliphatic heterocycles. The van der Waals surface area contributed by atoms with Gasteiger partial charge in [0.1, 0.15) is 5.69 Å². The number of anilines is 1. The summed E-state index contributed by atoms with van der Waals surface area (Å²) in [7, 11) is 0. The van der Waals surface area contributed by atoms with Gasteiger partial charge in [0.15, 0.2) is 0 Å². The predicted octanol–water partition coefficient (Wildman–Crippen LogP) is 0.802. The van der Waals surface area contributed by atoms with Crippen LogP contribution in [0, 0.1) is 5.92 Å². The number of aromatic nitrogens is 1. The van der Waals surface area contributed by atoms with Crippen molar-refractivity contribution >= 4 is 11.6 Å². The molecule has 1 aromatic rings. The van der Waals surface area contributed by atoms with E-state index in [0.29, 0.717) is 23.3 Å². The average molecular weight is 191 g/mol. The fraction of sp³-hybridized carbons (Fsp3) is 0.400. The third-order valence-corrected chi connectivity index (χ3v) is 2.44. The minimum atomic E-state index is -0.112. The van der Waals surface area contributed by atoms with Crippen LogP contribution in [0.5, 0.6) is 0 Å². The first-order chi connectivity index (χ1) is 6.66. The zero-order chi connectivity index (χ0) is 10.1. The highest BCUT2D eigenvalue weighted by molar-refractivity contribution is 5.92. The Morgan fingerprint density at radius 1 is 1.64 bits per heavy atom. The van der Waals surface area contributed by atoms with Crippen molar-refractivity contribution in [3.05, 3.63) is 24.0 Å². The smallest absolute Gasteiger partial charge is 0.270 e. The number of hydrogen-bond donors (Lipinski definition) is 2. The second-order valence-electron chi connectivity index (χ2n) is 3.77. The van der Waals surface area contributed by atoms with Gasteiger partial charge in [-0.25, -0.2) is 4.98 Å². The van der Waals surface area contributed by atoms with Crippen LogP contribution in [0.15, 0.2) is 18.3 Å². The van der Waals surface area contributed by atoms with E-state index in [4.69, 9.17) is 5.73 Å². The molecule has 1 aliphatic rings. The second kappa shape index (κ2) is 3.29. The minimum absolute atomic E-state index is 0.112. The van der Waals surface area contributed by atoms with Crippen LogP contribution >= 0.6 is 0 Å². The molecule has 3 N–H and O–H groups in total. The van der Waals surface area contributed by atoms with E-state index in [1.54, 1.807) is 12.1 Å². The van der Waals surface area contributed by atoms with E-state index in [0.717, 1.165) is 6.42 Å². The van der Waals surface area contributed by atoms with E-state index >= 15 is 0 Å². The third-order valence-electron chi connectivity index (χ3n) is 2.44. The van der Waals surface area contributed by atoms with Crippen molar-refractivity contribution < 1.29 is 4.79 Å². The molecule has 1 heterocycles. The highest BCUT2D eigenvalue weighted by Crippen LogP contribution is 2.29. The van der Waals surface area contributed by atoms with Crippen molar-refractivity contribution in [1.82, 2.24) is 10.3 Å². The molecule has 0 bridgehead atoms. The fourth-order valence-corrected chi connectivity index (χ4v) is 1.31. The van der Waals surface area contributed by atoms with Gasteiger partial charge in [0.25, 0.3) is 5.91 Å². The molecule has 0 spiro atoms. The van der Waals surface area contributed by atoms with Gasteiger partial charge < -0.3 is 11.1 Å². The third kappa shape index (κ3) is 1.84. The summed E-state index contributed by atoms with van der Waals surface area (Å²) in [6, 6.07) is 3.65. The number of amides is 1. The van der Waals surface area contributed by atoms with E-state index in [2.05, 4.69) is 17.2 Å². The standard InChI is InChI=1S/C10H13N3O/c1-6-4-9(6)13-10(14)8-3-2-7(11)5-12-8/h2-3,5-6,9H,4,11H2,1H3,(H,13,14). The molecular formula is C10H13N3O. The summed E-state index contributed by atoms with van der Waals surface area (Å²) in [6.45, 7) is 2.11. The van der Waals surface area contributed by atoms with Gasteiger partial charge in [-0.1, -0.05) is 6.92 Å². The van der Waals surface area contributed by atoms with Gasteiger partial charge in [-0.05, 0) is 24.5 Å². The van der Waals surface area contributed by atoms with E-state index in [9.17, 15) is 4.79 Å². The summed E-state index contributed by atoms with van der Waals surface area (Å²) in [5.74, 6) is 0.493. The first-order valence-corrected chi connectivity index (χ1v) is 4.69. The molecule has 0 aromatic carbocycles. The molecule has 2 rings (SSSR count). The zero-order valence-corrected chi connectivity index (χ0v) is 8.03. The summed E-state index contributed by atoms with van der Waals surface area (Å²) < 4.78 is 0. The number of carbonyl (C=O) groups excluding carboxylic acids is 1. The van der Waals surface area contributed by atoms with Gasteiger partial charge in [0, 0.05) is 6.04 Å². The number of rotatable bonds is 2. The quantitative estimate of drug-likeness (QED) is 0.726. The maximum Gasteiger partial charge on any atom is 0.270 e. The van der Waals surface area contributed by atoms with E-state index in [1.807, 2.05) is 0 Å². The van der Waals surface area contributed by atoms with Crippen LogP contribution in [-0.2, 0) is 0 Å². The number of nitrogens with zero attached hydrogens (tertiary/aromatic N) is 1. The Kier molecular flexibility index (Phi) is 2.11. The van der Waals surface area contributed by atoms with Crippen LogP contribution < -0.4 is 11.1 Å². The lowest BCUT2D eigenvalue weighted by atomic mass is 10.3. The Bertz CT molecular complexity index is 347. The molecular weight excluding hydrogens is 178 g/mol. The molecule has 0 saturated heterocycles. The van der Waals surface area contributed by atoms with Gasteiger partial charge >= 0.3 is 0 Å². The predicted molar refractivity (Wildman–Crippen MR) is 53.7 cm³/mol. The number of nitrogens with two attached hydrogens (primary N) is 1. The SMILES string of the molecule is CC1CC1NC(=O)c1ccc(N)cn1. The lowest BCUT2D eigenvalue weighted by molar-refractivity contribution is 0.0944. The normalized spacial score (nSPS) is 24.4. The van der Waals surface area contributed by atoms with E-state index < -0.39 is 0 Å². The number of nitrogens with one attached hydrogen (secondary N) is 1. The monoisotopic (exact) mass is 191 g/mol. The number of nitrogen functional groups attached to an aromatic ring is 1. The molecule has 1 fully saturated rings. The first-order valence-electron chi connectivity index (χ1n) is 4.69. The van der Waals surface area contributed by atoms with Crippen LogP contribution in [0.4, 0.5) is 5.69 Å². The summed E-state index contributed by atoms with van der Waals surface area (Å²) in [5.41, 5.74) is 6.47. The van der Waals surface area contributed by atoms with Gasteiger partial charge in [-0.15, -0.1) is 0 Å². The second-order valence-corrected chi connectivity index (χ2v) is 3.77. The molecule has 1 aliphatic carbocycles. The van der Waals surface area contributed by atoms with Crippen LogP contribution in [0.3, 0.4) is 0 Å². The fourth-order valence-electron chi connectivity index (χ4n) is 1.31. The summed E-state index contributed by atoms with van der Waals surface area (Å²) in [6.07, 6.45) is 2.56. The summed E-state index contributed by atoms with van der Waals surface area (Å²) in [4.78, 5) is 15.5. The molecule has 1 aromatic heterocycles. The first kappa shape index (κ1) is 8.99. The van der Waals surface area contributed by atoms with Crippen LogP contribution in [-0.4, -0.2) is 16.9 Å². The van der Waals surface area contributed by atoms with Gasteiger partial charge in [0.05, 0.1) is 11.9 Å². The van der Waals surface area contributed by atoms with Crippen LogP contribution in [0.1, 0.15) is 23.8 Å². The molecule has 4 nitrogen and oxygen atoms in total. The lowest BCUT2D eigenvalue weighted by Gasteiger charge is -2.02. The molecule has 74 valence electrons. The van der Waals surface area contributed by atoms with Gasteiger partial charge in [-0.2, -0.15) is 0 Å². The lowest BCUT2D eigenvalue weighted by Crippen LogP contribution is -2.27. The Labute approximate surface area is 82.5 Å². The minimum Gasteiger partial charge on any atom is -0.397 e. The Balaban J connectivity index is 2.00. The Morgan fingerprint density at radius 2 is 2.36 bits per heavy atom. The largest absolute Gasteiger partial charge is 0.397 e. The highest BCUT2D eigenvalue weighted by Gasteiger charge is 2.34. The Morgan fingerprint density at radius 3 is 2.86 bits per heavy atom. The molecule has 1 amide bonds. The molecule has 14 heavy (non-hydrogen) atoms. The van der Waals surface area contributed by atoms with Crippen molar-refractivity contribution in [2.45, 2.75) is 19.4 Å². The van der Waals surface area contributed by atoms with Gasteiger partial charge in [0.2, 0.25) is 0 Å². The van der Waals surface area contributed by atoms with Crippen LogP contribution in [0.25, 0.3) is 0 Å². The average Bonchev–Trinajstić information content (AvgIpc) is 2.82. The van der Waals surface area contributed by atoms with Crippen molar-refractivity contribution in [3.63, 3.8) is 0 Å². The maximum absolute atomic E-state index is 11.5. The van der Waals surface area contributed by atoms with Crippen LogP contribution in [0.2, 0.25) is 0 Å². The highest BCUT2D eigenvalue weighted by atomic mass is 16.2. The van der Waals surface area contributed by atoms with Crippen molar-refractivity contribution in [1.29, 1.82) is 0 Å². The number of pyridine rings is 1. The van der Waals surface area contributed by atoms with Crippen molar-refractivity contribution in [2.24, 2.45) is 5.92 Å². The topological polar surface area (TPSA) is 68.0 Å². The maximum atomic E-state index is 11.5. The summed E-state index contributed by atoms with van der Waals surface area (Å²) >= 11 is 0. The molecule has 1 saturated carbocycles. The van der Waals surface area contributed by atoms with Crippen molar-refractivity contribution in [3.8, 4) is 0 Å². The molecule has 4 heteroatoms. The Hall–Kier alpha value is -1.58. The molecule has 2 unspecified atom stereocenters. The van der Waals surface area contributed by atoms with Gasteiger partial charge in [-0.3, -0.25) is 4.79 Å². The number of carbonyl (C=O) groups is 1. The molecule has 2 atom stereocenters. The van der Waals surface area contributed by atoms with Crippen molar-refractivity contribution in [2.75, 3.05) is 5.73 Å². The number of hydrogen-bond acceptors (Lipinski definition) is 3.